The van der Waals surface area contributed by atoms with Crippen molar-refractivity contribution >= 4 is 11.8 Å². The number of halogens is 6. The minimum absolute atomic E-state index is 0.147. The van der Waals surface area contributed by atoms with Gasteiger partial charge in [-0.1, -0.05) is 19.1 Å². The van der Waals surface area contributed by atoms with E-state index in [1.165, 1.54) is 18.3 Å². The van der Waals surface area contributed by atoms with Crippen molar-refractivity contribution < 1.29 is 35.9 Å². The first-order valence-corrected chi connectivity index (χ1v) is 12.3. The number of aryl methyl sites for hydroxylation is 1. The molecule has 0 aliphatic carbocycles. The fourth-order valence-electron chi connectivity index (χ4n) is 4.39. The number of nitrogens with two attached hydrogens (primary N) is 1. The van der Waals surface area contributed by atoms with Gasteiger partial charge in [0.05, 0.1) is 17.3 Å². The van der Waals surface area contributed by atoms with E-state index >= 15 is 0 Å². The van der Waals surface area contributed by atoms with Crippen LogP contribution in [0.4, 0.5) is 26.3 Å². The lowest BCUT2D eigenvalue weighted by Gasteiger charge is -2.22. The van der Waals surface area contributed by atoms with Crippen LogP contribution in [0, 0.1) is 17.5 Å². The molecule has 0 saturated carbocycles. The van der Waals surface area contributed by atoms with Crippen molar-refractivity contribution in [2.75, 3.05) is 0 Å². The molecule has 3 N–H and O–H groups in total. The van der Waals surface area contributed by atoms with Gasteiger partial charge in [0, 0.05) is 23.5 Å². The molecule has 0 radical (unpaired) electrons. The van der Waals surface area contributed by atoms with Gasteiger partial charge in [0.25, 0.3) is 5.91 Å². The number of carbonyl (C=O) groups is 2. The van der Waals surface area contributed by atoms with Crippen LogP contribution in [-0.2, 0) is 30.4 Å². The van der Waals surface area contributed by atoms with Crippen LogP contribution in [0.2, 0.25) is 0 Å². The second-order valence-corrected chi connectivity index (χ2v) is 9.13. The van der Waals surface area contributed by atoms with Crippen molar-refractivity contribution in [2.45, 2.75) is 38.5 Å². The van der Waals surface area contributed by atoms with Crippen molar-refractivity contribution in [3.8, 4) is 11.1 Å². The molecule has 214 valence electrons. The van der Waals surface area contributed by atoms with Crippen molar-refractivity contribution in [2.24, 2.45) is 5.73 Å². The van der Waals surface area contributed by atoms with Crippen LogP contribution in [-0.4, -0.2) is 26.6 Å². The highest BCUT2D eigenvalue weighted by Gasteiger charge is 2.35. The van der Waals surface area contributed by atoms with Gasteiger partial charge in [0.15, 0.2) is 5.69 Å². The van der Waals surface area contributed by atoms with Crippen molar-refractivity contribution in [3.05, 3.63) is 106 Å². The zero-order chi connectivity index (χ0) is 29.9. The second-order valence-electron chi connectivity index (χ2n) is 9.13. The molecule has 0 aliphatic rings. The van der Waals surface area contributed by atoms with Gasteiger partial charge in [-0.3, -0.25) is 19.3 Å². The van der Waals surface area contributed by atoms with E-state index in [-0.39, 0.29) is 29.8 Å². The largest absolute Gasteiger partial charge is 0.435 e. The van der Waals surface area contributed by atoms with E-state index in [0.717, 1.165) is 28.9 Å². The number of aromatic nitrogens is 3. The lowest BCUT2D eigenvalue weighted by Crippen LogP contribution is -2.34. The highest BCUT2D eigenvalue weighted by atomic mass is 19.4. The molecule has 2 aromatic carbocycles. The molecule has 4 aromatic rings. The Morgan fingerprint density at radius 3 is 2.37 bits per heavy atom. The van der Waals surface area contributed by atoms with Gasteiger partial charge in [-0.25, -0.2) is 13.2 Å². The molecule has 2 aromatic heterocycles. The Labute approximate surface area is 230 Å². The van der Waals surface area contributed by atoms with Crippen LogP contribution in [0.3, 0.4) is 0 Å². The minimum atomic E-state index is -4.71. The summed E-state index contributed by atoms with van der Waals surface area (Å²) in [5, 5.41) is 6.19. The van der Waals surface area contributed by atoms with E-state index in [4.69, 9.17) is 5.73 Å². The molecular formula is C28H23F6N5O2. The van der Waals surface area contributed by atoms with Gasteiger partial charge in [-0.15, -0.1) is 0 Å². The van der Waals surface area contributed by atoms with Gasteiger partial charge in [0.1, 0.15) is 24.0 Å². The van der Waals surface area contributed by atoms with Crippen LogP contribution in [0.5, 0.6) is 0 Å². The monoisotopic (exact) mass is 575 g/mol. The summed E-state index contributed by atoms with van der Waals surface area (Å²) in [4.78, 5) is 29.2. The van der Waals surface area contributed by atoms with E-state index in [9.17, 15) is 35.9 Å². The Balaban J connectivity index is 1.74. The molecule has 0 fully saturated rings. The number of hydrogen-bond donors (Lipinski definition) is 2. The summed E-state index contributed by atoms with van der Waals surface area (Å²) < 4.78 is 82.7. The van der Waals surface area contributed by atoms with E-state index in [0.29, 0.717) is 17.2 Å². The third-order valence-corrected chi connectivity index (χ3v) is 6.22. The van der Waals surface area contributed by atoms with Crippen LogP contribution >= 0.6 is 0 Å². The minimum Gasteiger partial charge on any atom is -0.366 e. The van der Waals surface area contributed by atoms with Crippen molar-refractivity contribution in [3.63, 3.8) is 0 Å². The molecule has 2 amide bonds. The number of carbonyl (C=O) groups excluding carboxylic acids is 2. The summed E-state index contributed by atoms with van der Waals surface area (Å²) >= 11 is 0. The number of nitrogens with zero attached hydrogens (tertiary/aromatic N) is 3. The number of hydrogen-bond acceptors (Lipinski definition) is 4. The number of amides is 2. The summed E-state index contributed by atoms with van der Waals surface area (Å²) in [7, 11) is 0. The van der Waals surface area contributed by atoms with E-state index in [2.05, 4.69) is 15.4 Å². The molecule has 0 spiro atoms. The number of primary amides is 1. The maximum atomic E-state index is 14.2. The molecule has 2 heterocycles. The lowest BCUT2D eigenvalue weighted by molar-refractivity contribution is -0.141. The zero-order valence-electron chi connectivity index (χ0n) is 21.5. The van der Waals surface area contributed by atoms with Gasteiger partial charge >= 0.3 is 6.18 Å². The summed E-state index contributed by atoms with van der Waals surface area (Å²) in [6.45, 7) is 1.02. The van der Waals surface area contributed by atoms with Crippen LogP contribution in [0.25, 0.3) is 11.1 Å². The fourth-order valence-corrected chi connectivity index (χ4v) is 4.39. The molecule has 41 heavy (non-hydrogen) atoms. The standard InChI is InChI=1S/C28H23F6N5O2/c1-2-19-13-24(28(32,33)34)38-39(19)14-25(40)37-23(10-15-8-17(29)12-18(30)9-15)26-20(4-3-7-36-26)16-5-6-22(31)21(11-16)27(35)41/h3-9,11-13,23H,2,10,14H2,1H3,(H2,35,41)(H,37,40). The Kier molecular flexibility index (Phi) is 8.45. The molecule has 1 unspecified atom stereocenters. The van der Waals surface area contributed by atoms with E-state index in [1.807, 2.05) is 0 Å². The highest BCUT2D eigenvalue weighted by Crippen LogP contribution is 2.31. The highest BCUT2D eigenvalue weighted by molar-refractivity contribution is 5.94. The van der Waals surface area contributed by atoms with Gasteiger partial charge in [-0.2, -0.15) is 18.3 Å². The average molecular weight is 576 g/mol. The summed E-state index contributed by atoms with van der Waals surface area (Å²) in [6, 6.07) is 9.30. The normalized spacial score (nSPS) is 12.3. The average Bonchev–Trinajstić information content (AvgIpc) is 3.31. The molecular weight excluding hydrogens is 552 g/mol. The number of benzene rings is 2. The topological polar surface area (TPSA) is 103 Å². The summed E-state index contributed by atoms with van der Waals surface area (Å²) in [5.74, 6) is -4.35. The Morgan fingerprint density at radius 1 is 1.02 bits per heavy atom. The quantitative estimate of drug-likeness (QED) is 0.270. The summed E-state index contributed by atoms with van der Waals surface area (Å²) in [5.41, 5.74) is 4.88. The van der Waals surface area contributed by atoms with Crippen LogP contribution < -0.4 is 11.1 Å². The molecule has 0 aliphatic heterocycles. The first-order chi connectivity index (χ1) is 19.3. The molecule has 0 bridgehead atoms. The molecule has 13 heteroatoms. The zero-order valence-corrected chi connectivity index (χ0v) is 21.5. The smallest absolute Gasteiger partial charge is 0.366 e. The van der Waals surface area contributed by atoms with Gasteiger partial charge in [0.2, 0.25) is 5.91 Å². The van der Waals surface area contributed by atoms with E-state index in [1.54, 1.807) is 19.1 Å². The van der Waals surface area contributed by atoms with Gasteiger partial charge in [-0.05, 0) is 60.4 Å². The molecule has 7 nitrogen and oxygen atoms in total. The van der Waals surface area contributed by atoms with Crippen LogP contribution in [0.1, 0.15) is 46.0 Å². The second kappa shape index (κ2) is 11.8. The lowest BCUT2D eigenvalue weighted by atomic mass is 9.94. The van der Waals surface area contributed by atoms with E-state index < -0.39 is 59.3 Å². The van der Waals surface area contributed by atoms with Gasteiger partial charge < -0.3 is 11.1 Å². The van der Waals surface area contributed by atoms with Crippen LogP contribution in [0.15, 0.2) is 60.8 Å². The number of rotatable bonds is 9. The summed E-state index contributed by atoms with van der Waals surface area (Å²) in [6.07, 6.45) is -3.33. The SMILES string of the molecule is CCc1cc(C(F)(F)F)nn1CC(=O)NC(Cc1cc(F)cc(F)c1)c1ncccc1-c1ccc(F)c(C(N)=O)c1. The predicted molar refractivity (Wildman–Crippen MR) is 136 cm³/mol. The number of pyridine rings is 1. The number of nitrogens with one attached hydrogen (secondary N) is 1. The van der Waals surface area contributed by atoms with Crippen molar-refractivity contribution in [1.82, 2.24) is 20.1 Å². The predicted octanol–water partition coefficient (Wildman–Crippen LogP) is 5.14. The first kappa shape index (κ1) is 29.3. The molecule has 1 atom stereocenters. The fraction of sp³-hybridized carbons (Fsp3) is 0.214. The maximum Gasteiger partial charge on any atom is 0.435 e. The third kappa shape index (κ3) is 6.91. The molecule has 4 rings (SSSR count). The maximum absolute atomic E-state index is 14.2. The molecule has 0 saturated heterocycles. The Bertz CT molecular complexity index is 1580. The Morgan fingerprint density at radius 2 is 1.73 bits per heavy atom. The Hall–Kier alpha value is -4.68. The first-order valence-electron chi connectivity index (χ1n) is 12.3. The number of alkyl halides is 3. The van der Waals surface area contributed by atoms with Crippen molar-refractivity contribution in [1.29, 1.82) is 0 Å². The third-order valence-electron chi connectivity index (χ3n) is 6.22.